The van der Waals surface area contributed by atoms with E-state index in [-0.39, 0.29) is 36.3 Å². The Kier molecular flexibility index (Phi) is 6.09. The summed E-state index contributed by atoms with van der Waals surface area (Å²) in [6.07, 6.45) is 7.10. The molecular weight excluding hydrogens is 420 g/mol. The maximum Gasteiger partial charge on any atom is 0.263 e. The SMILES string of the molecule is O=C(NC[C@H]1CCCO1)[C@@H]1CCCN(c2cccc3c2C(=O)N(Cc2ccncc2)C3=O)C1. The minimum atomic E-state index is -0.285. The van der Waals surface area contributed by atoms with Crippen molar-refractivity contribution in [3.05, 3.63) is 59.4 Å². The molecule has 0 spiro atoms. The van der Waals surface area contributed by atoms with Crippen molar-refractivity contribution in [1.29, 1.82) is 0 Å². The molecule has 0 bridgehead atoms. The number of ether oxygens (including phenoxy) is 1. The average Bonchev–Trinajstić information content (AvgIpc) is 3.46. The first-order valence-electron chi connectivity index (χ1n) is 11.6. The highest BCUT2D eigenvalue weighted by Crippen LogP contribution is 2.34. The summed E-state index contributed by atoms with van der Waals surface area (Å²) in [4.78, 5) is 46.5. The Balaban J connectivity index is 1.31. The summed E-state index contributed by atoms with van der Waals surface area (Å²) >= 11 is 0. The van der Waals surface area contributed by atoms with Crippen molar-refractivity contribution in [3.8, 4) is 0 Å². The molecule has 33 heavy (non-hydrogen) atoms. The largest absolute Gasteiger partial charge is 0.376 e. The molecule has 3 aliphatic heterocycles. The molecule has 2 fully saturated rings. The minimum absolute atomic E-state index is 0.0319. The fourth-order valence-corrected chi connectivity index (χ4v) is 4.97. The van der Waals surface area contributed by atoms with E-state index in [1.165, 1.54) is 4.90 Å². The van der Waals surface area contributed by atoms with E-state index in [0.717, 1.165) is 50.1 Å². The Morgan fingerprint density at radius 1 is 1.09 bits per heavy atom. The van der Waals surface area contributed by atoms with Crippen LogP contribution in [0.25, 0.3) is 0 Å². The van der Waals surface area contributed by atoms with Gasteiger partial charge in [0.1, 0.15) is 0 Å². The molecule has 0 unspecified atom stereocenters. The van der Waals surface area contributed by atoms with Crippen molar-refractivity contribution < 1.29 is 19.1 Å². The zero-order valence-corrected chi connectivity index (χ0v) is 18.5. The van der Waals surface area contributed by atoms with Crippen molar-refractivity contribution in [2.24, 2.45) is 5.92 Å². The van der Waals surface area contributed by atoms with Gasteiger partial charge in [-0.1, -0.05) is 6.07 Å². The van der Waals surface area contributed by atoms with Crippen molar-refractivity contribution in [1.82, 2.24) is 15.2 Å². The second-order valence-electron chi connectivity index (χ2n) is 8.92. The van der Waals surface area contributed by atoms with E-state index < -0.39 is 0 Å². The van der Waals surface area contributed by atoms with Gasteiger partial charge in [0.05, 0.1) is 35.4 Å². The van der Waals surface area contributed by atoms with Crippen molar-refractivity contribution >= 4 is 23.4 Å². The van der Waals surface area contributed by atoms with E-state index in [9.17, 15) is 14.4 Å². The molecule has 8 nitrogen and oxygen atoms in total. The molecule has 5 rings (SSSR count). The molecule has 3 aliphatic rings. The first-order valence-corrected chi connectivity index (χ1v) is 11.6. The van der Waals surface area contributed by atoms with Gasteiger partial charge in [0.15, 0.2) is 0 Å². The fourth-order valence-electron chi connectivity index (χ4n) is 4.97. The summed E-state index contributed by atoms with van der Waals surface area (Å²) in [5.41, 5.74) is 2.45. The molecule has 1 aromatic heterocycles. The number of hydrogen-bond donors (Lipinski definition) is 1. The average molecular weight is 449 g/mol. The third kappa shape index (κ3) is 4.35. The van der Waals surface area contributed by atoms with Gasteiger partial charge < -0.3 is 15.0 Å². The number of carbonyl (C=O) groups excluding carboxylic acids is 3. The molecule has 0 aliphatic carbocycles. The quantitative estimate of drug-likeness (QED) is 0.683. The number of aromatic nitrogens is 1. The molecule has 1 aromatic carbocycles. The van der Waals surface area contributed by atoms with E-state index in [1.54, 1.807) is 30.6 Å². The zero-order valence-electron chi connectivity index (χ0n) is 18.5. The van der Waals surface area contributed by atoms with Gasteiger partial charge in [-0.2, -0.15) is 0 Å². The van der Waals surface area contributed by atoms with Gasteiger partial charge in [-0.05, 0) is 55.5 Å². The number of anilines is 1. The van der Waals surface area contributed by atoms with Crippen LogP contribution in [0.2, 0.25) is 0 Å². The van der Waals surface area contributed by atoms with Gasteiger partial charge in [-0.3, -0.25) is 24.3 Å². The molecule has 2 saturated heterocycles. The van der Waals surface area contributed by atoms with E-state index in [4.69, 9.17) is 4.74 Å². The van der Waals surface area contributed by atoms with Gasteiger partial charge in [0, 0.05) is 38.6 Å². The van der Waals surface area contributed by atoms with Crippen LogP contribution in [0.5, 0.6) is 0 Å². The number of pyridine rings is 1. The van der Waals surface area contributed by atoms with E-state index >= 15 is 0 Å². The lowest BCUT2D eigenvalue weighted by Gasteiger charge is -2.34. The molecule has 172 valence electrons. The number of imide groups is 1. The Morgan fingerprint density at radius 3 is 2.73 bits per heavy atom. The van der Waals surface area contributed by atoms with Crippen molar-refractivity contribution in [2.45, 2.75) is 38.3 Å². The van der Waals surface area contributed by atoms with E-state index in [2.05, 4.69) is 15.2 Å². The summed E-state index contributed by atoms with van der Waals surface area (Å²) < 4.78 is 5.60. The van der Waals surface area contributed by atoms with Crippen LogP contribution in [-0.2, 0) is 16.1 Å². The van der Waals surface area contributed by atoms with Crippen LogP contribution in [0.4, 0.5) is 5.69 Å². The third-order valence-electron chi connectivity index (χ3n) is 6.73. The van der Waals surface area contributed by atoms with Gasteiger partial charge in [0.2, 0.25) is 5.91 Å². The Morgan fingerprint density at radius 2 is 1.94 bits per heavy atom. The Bertz CT molecular complexity index is 1050. The lowest BCUT2D eigenvalue weighted by Crippen LogP contribution is -2.45. The van der Waals surface area contributed by atoms with Crippen molar-refractivity contribution in [3.63, 3.8) is 0 Å². The van der Waals surface area contributed by atoms with Crippen LogP contribution in [0.15, 0.2) is 42.7 Å². The number of piperidine rings is 1. The van der Waals surface area contributed by atoms with Crippen LogP contribution in [0.1, 0.15) is 52.0 Å². The van der Waals surface area contributed by atoms with Crippen LogP contribution >= 0.6 is 0 Å². The predicted octanol–water partition coefficient (Wildman–Crippen LogP) is 2.39. The number of benzene rings is 1. The second-order valence-corrected chi connectivity index (χ2v) is 8.92. The zero-order chi connectivity index (χ0) is 22.8. The number of hydrogen-bond acceptors (Lipinski definition) is 6. The van der Waals surface area contributed by atoms with Gasteiger partial charge in [0.25, 0.3) is 11.8 Å². The standard InChI is InChI=1S/C25H28N4O4/c30-23(27-14-19-5-3-13-33-19)18-4-2-12-28(16-18)21-7-1-6-20-22(21)25(32)29(24(20)31)15-17-8-10-26-11-9-17/h1,6-11,18-19H,2-5,12-16H2,(H,27,30)/t18-,19-/m1/s1. The highest BCUT2D eigenvalue weighted by atomic mass is 16.5. The van der Waals surface area contributed by atoms with Crippen LogP contribution < -0.4 is 10.2 Å². The Labute approximate surface area is 192 Å². The molecule has 1 N–H and O–H groups in total. The van der Waals surface area contributed by atoms with Crippen LogP contribution in [-0.4, -0.2) is 60.0 Å². The van der Waals surface area contributed by atoms with Gasteiger partial charge >= 0.3 is 0 Å². The lowest BCUT2D eigenvalue weighted by atomic mass is 9.95. The van der Waals surface area contributed by atoms with Crippen LogP contribution in [0.3, 0.4) is 0 Å². The summed E-state index contributed by atoms with van der Waals surface area (Å²) in [5.74, 6) is -0.690. The number of carbonyl (C=O) groups is 3. The molecule has 2 aromatic rings. The lowest BCUT2D eigenvalue weighted by molar-refractivity contribution is -0.125. The monoisotopic (exact) mass is 448 g/mol. The topological polar surface area (TPSA) is 91.8 Å². The molecule has 0 radical (unpaired) electrons. The second kappa shape index (κ2) is 9.31. The van der Waals surface area contributed by atoms with E-state index in [1.807, 2.05) is 12.1 Å². The first-order chi connectivity index (χ1) is 16.1. The maximum absolute atomic E-state index is 13.3. The molecule has 4 heterocycles. The summed E-state index contributed by atoms with van der Waals surface area (Å²) in [6, 6.07) is 9.01. The van der Waals surface area contributed by atoms with Gasteiger partial charge in [-0.15, -0.1) is 0 Å². The summed E-state index contributed by atoms with van der Waals surface area (Å²) in [7, 11) is 0. The fraction of sp³-hybridized carbons (Fsp3) is 0.440. The third-order valence-corrected chi connectivity index (χ3v) is 6.73. The number of rotatable bonds is 6. The smallest absolute Gasteiger partial charge is 0.263 e. The van der Waals surface area contributed by atoms with Crippen LogP contribution in [0, 0.1) is 5.92 Å². The molecule has 0 saturated carbocycles. The summed E-state index contributed by atoms with van der Waals surface area (Å²) in [5, 5.41) is 3.04. The Hall–Kier alpha value is -3.26. The molecule has 2 atom stereocenters. The van der Waals surface area contributed by atoms with Crippen molar-refractivity contribution in [2.75, 3.05) is 31.1 Å². The normalized spacial score (nSPS) is 22.5. The minimum Gasteiger partial charge on any atom is -0.376 e. The molecular formula is C25H28N4O4. The number of nitrogens with one attached hydrogen (secondary N) is 1. The first kappa shape index (κ1) is 21.6. The van der Waals surface area contributed by atoms with E-state index in [0.29, 0.717) is 24.2 Å². The maximum atomic E-state index is 13.3. The highest BCUT2D eigenvalue weighted by Gasteiger charge is 2.39. The molecule has 3 amide bonds. The highest BCUT2D eigenvalue weighted by molar-refractivity contribution is 6.23. The predicted molar refractivity (Wildman–Crippen MR) is 122 cm³/mol. The summed E-state index contributed by atoms with van der Waals surface area (Å²) in [6.45, 7) is 2.80. The number of nitrogens with zero attached hydrogens (tertiary/aromatic N) is 3. The number of fused-ring (bicyclic) bond motifs is 1. The van der Waals surface area contributed by atoms with Gasteiger partial charge in [-0.25, -0.2) is 0 Å². The number of amides is 3. The molecule has 8 heteroatoms.